The molecule has 1 N–H and O–H groups in total. The summed E-state index contributed by atoms with van der Waals surface area (Å²) in [5.41, 5.74) is 9.53. The van der Waals surface area contributed by atoms with Gasteiger partial charge in [-0.15, -0.1) is 0 Å². The fraction of sp³-hybridized carbons (Fsp3) is 0.462. The number of pyridine rings is 1. The lowest BCUT2D eigenvalue weighted by Crippen LogP contribution is -2.27. The number of benzene rings is 1. The Morgan fingerprint density at radius 3 is 2.62 bits per heavy atom. The SMILES string of the molecule is CSN1c2c(C)c(CC(=O)O)c(C3=CCC4(CC3)CC4)c(C)c2-c2ncc(F)cc2[C@@H]1C. The number of hydrogen-bond donors (Lipinski definition) is 1. The van der Waals surface area contributed by atoms with Crippen LogP contribution in [0.5, 0.6) is 0 Å². The number of carboxylic acid groups (broad SMARTS) is 1. The fourth-order valence-corrected chi connectivity index (χ4v) is 6.61. The van der Waals surface area contributed by atoms with Gasteiger partial charge in [-0.3, -0.25) is 9.78 Å². The summed E-state index contributed by atoms with van der Waals surface area (Å²) in [4.78, 5) is 16.5. The second-order valence-electron chi connectivity index (χ2n) is 9.61. The van der Waals surface area contributed by atoms with Gasteiger partial charge in [0, 0.05) is 17.4 Å². The molecule has 4 nitrogen and oxygen atoms in total. The van der Waals surface area contributed by atoms with Crippen LogP contribution >= 0.6 is 11.9 Å². The third kappa shape index (κ3) is 3.26. The lowest BCUT2D eigenvalue weighted by molar-refractivity contribution is -0.136. The highest BCUT2D eigenvalue weighted by Gasteiger charge is 2.43. The van der Waals surface area contributed by atoms with Crippen molar-refractivity contribution in [2.75, 3.05) is 10.6 Å². The monoisotopic (exact) mass is 452 g/mol. The number of nitrogens with zero attached hydrogens (tertiary/aromatic N) is 2. The molecule has 1 aliphatic heterocycles. The molecule has 0 amide bonds. The smallest absolute Gasteiger partial charge is 0.307 e. The number of rotatable bonds is 4. The lowest BCUT2D eigenvalue weighted by Gasteiger charge is -2.39. The van der Waals surface area contributed by atoms with Crippen LogP contribution in [-0.2, 0) is 11.2 Å². The number of hydrogen-bond acceptors (Lipinski definition) is 4. The van der Waals surface area contributed by atoms with Crippen LogP contribution in [0.25, 0.3) is 16.8 Å². The summed E-state index contributed by atoms with van der Waals surface area (Å²) in [6, 6.07) is 1.52. The molecule has 1 spiro atoms. The number of anilines is 1. The maximum atomic E-state index is 14.1. The van der Waals surface area contributed by atoms with Crippen LogP contribution in [0, 0.1) is 25.1 Å². The lowest BCUT2D eigenvalue weighted by atomic mass is 9.77. The molecule has 2 aliphatic carbocycles. The van der Waals surface area contributed by atoms with Gasteiger partial charge >= 0.3 is 5.97 Å². The molecular weight excluding hydrogens is 423 g/mol. The minimum Gasteiger partial charge on any atom is -0.481 e. The average Bonchev–Trinajstić information content (AvgIpc) is 3.52. The Labute approximate surface area is 193 Å². The Hall–Kier alpha value is -2.34. The van der Waals surface area contributed by atoms with Crippen LogP contribution in [0.3, 0.4) is 0 Å². The van der Waals surface area contributed by atoms with Gasteiger partial charge in [-0.2, -0.15) is 0 Å². The Kier molecular flexibility index (Phi) is 5.12. The van der Waals surface area contributed by atoms with E-state index < -0.39 is 5.97 Å². The van der Waals surface area contributed by atoms with Crippen molar-refractivity contribution >= 4 is 29.2 Å². The molecular formula is C26H29FN2O2S. The summed E-state index contributed by atoms with van der Waals surface area (Å²) in [6.45, 7) is 6.18. The predicted molar refractivity (Wildman–Crippen MR) is 128 cm³/mol. The predicted octanol–water partition coefficient (Wildman–Crippen LogP) is 6.64. The minimum atomic E-state index is -0.816. The maximum Gasteiger partial charge on any atom is 0.307 e. The summed E-state index contributed by atoms with van der Waals surface area (Å²) in [6.07, 6.45) is 11.5. The molecule has 2 heterocycles. The first-order chi connectivity index (χ1) is 15.3. The van der Waals surface area contributed by atoms with Crippen LogP contribution in [0.4, 0.5) is 10.1 Å². The molecule has 1 fully saturated rings. The van der Waals surface area contributed by atoms with E-state index in [2.05, 4.69) is 29.2 Å². The maximum absolute atomic E-state index is 14.1. The van der Waals surface area contributed by atoms with Crippen molar-refractivity contribution in [3.63, 3.8) is 0 Å². The molecule has 6 heteroatoms. The quantitative estimate of drug-likeness (QED) is 0.527. The van der Waals surface area contributed by atoms with Gasteiger partial charge in [-0.05, 0) is 92.2 Å². The minimum absolute atomic E-state index is 0.00191. The molecule has 1 aromatic heterocycles. The summed E-state index contributed by atoms with van der Waals surface area (Å²) in [7, 11) is 0. The highest BCUT2D eigenvalue weighted by Crippen LogP contribution is 2.58. The molecule has 1 aromatic carbocycles. The van der Waals surface area contributed by atoms with Gasteiger partial charge in [-0.1, -0.05) is 18.0 Å². The van der Waals surface area contributed by atoms with Crippen LogP contribution in [-0.4, -0.2) is 22.3 Å². The number of halogens is 1. The summed E-state index contributed by atoms with van der Waals surface area (Å²) in [5, 5.41) is 9.77. The van der Waals surface area contributed by atoms with E-state index in [1.807, 2.05) is 13.2 Å². The van der Waals surface area contributed by atoms with E-state index in [4.69, 9.17) is 0 Å². The van der Waals surface area contributed by atoms with E-state index in [0.29, 0.717) is 5.41 Å². The zero-order valence-electron chi connectivity index (χ0n) is 19.1. The molecule has 3 aliphatic rings. The topological polar surface area (TPSA) is 53.4 Å². The van der Waals surface area contributed by atoms with E-state index in [9.17, 15) is 14.3 Å². The Morgan fingerprint density at radius 2 is 2.03 bits per heavy atom. The van der Waals surface area contributed by atoms with Crippen molar-refractivity contribution in [1.82, 2.24) is 4.98 Å². The Morgan fingerprint density at radius 1 is 1.28 bits per heavy atom. The largest absolute Gasteiger partial charge is 0.481 e. The first-order valence-corrected chi connectivity index (χ1v) is 12.5. The van der Waals surface area contributed by atoms with E-state index in [1.165, 1.54) is 31.0 Å². The molecule has 1 atom stereocenters. The van der Waals surface area contributed by atoms with E-state index in [1.54, 1.807) is 18.0 Å². The number of carboxylic acids is 1. The number of aromatic nitrogens is 1. The van der Waals surface area contributed by atoms with Crippen molar-refractivity contribution in [1.29, 1.82) is 0 Å². The zero-order chi connectivity index (χ0) is 22.8. The Bertz CT molecular complexity index is 1170. The second-order valence-corrected chi connectivity index (χ2v) is 10.4. The first kappa shape index (κ1) is 21.5. The zero-order valence-corrected chi connectivity index (χ0v) is 19.9. The summed E-state index contributed by atoms with van der Waals surface area (Å²) >= 11 is 1.59. The molecule has 0 unspecified atom stereocenters. The summed E-state index contributed by atoms with van der Waals surface area (Å²) in [5.74, 6) is -1.15. The van der Waals surface area contributed by atoms with E-state index >= 15 is 0 Å². The number of fused-ring (bicyclic) bond motifs is 3. The first-order valence-electron chi connectivity index (χ1n) is 11.3. The van der Waals surface area contributed by atoms with E-state index in [0.717, 1.165) is 57.6 Å². The van der Waals surface area contributed by atoms with Gasteiger partial charge in [0.05, 0.1) is 30.0 Å². The van der Waals surface area contributed by atoms with Crippen molar-refractivity contribution in [3.8, 4) is 11.3 Å². The molecule has 1 saturated carbocycles. The van der Waals surface area contributed by atoms with Gasteiger partial charge < -0.3 is 9.41 Å². The molecule has 168 valence electrons. The van der Waals surface area contributed by atoms with Crippen molar-refractivity contribution in [3.05, 3.63) is 52.0 Å². The van der Waals surface area contributed by atoms with Crippen molar-refractivity contribution in [2.24, 2.45) is 5.41 Å². The fourth-order valence-electron chi connectivity index (χ4n) is 5.77. The molecule has 2 aromatic rings. The van der Waals surface area contributed by atoms with Crippen molar-refractivity contribution in [2.45, 2.75) is 65.3 Å². The van der Waals surface area contributed by atoms with Gasteiger partial charge in [0.2, 0.25) is 0 Å². The third-order valence-electron chi connectivity index (χ3n) is 7.75. The van der Waals surface area contributed by atoms with Gasteiger partial charge in [-0.25, -0.2) is 4.39 Å². The van der Waals surface area contributed by atoms with Gasteiger partial charge in [0.25, 0.3) is 0 Å². The summed E-state index contributed by atoms with van der Waals surface area (Å²) < 4.78 is 16.3. The number of allylic oxidation sites excluding steroid dienone is 2. The average molecular weight is 453 g/mol. The van der Waals surface area contributed by atoms with Crippen molar-refractivity contribution < 1.29 is 14.3 Å². The Balaban J connectivity index is 1.80. The third-order valence-corrected chi connectivity index (χ3v) is 8.64. The molecule has 0 bridgehead atoms. The molecule has 0 saturated heterocycles. The normalized spacial score (nSPS) is 20.6. The second kappa shape index (κ2) is 7.62. The number of aliphatic carboxylic acids is 1. The van der Waals surface area contributed by atoms with Crippen LogP contribution in [0.2, 0.25) is 0 Å². The van der Waals surface area contributed by atoms with Crippen LogP contribution in [0.15, 0.2) is 18.3 Å². The van der Waals surface area contributed by atoms with Gasteiger partial charge in [0.1, 0.15) is 5.82 Å². The molecule has 5 rings (SSSR count). The van der Waals surface area contributed by atoms with E-state index in [-0.39, 0.29) is 18.3 Å². The highest BCUT2D eigenvalue weighted by molar-refractivity contribution is 8.00. The van der Waals surface area contributed by atoms with Crippen LogP contribution in [0.1, 0.15) is 72.9 Å². The molecule has 0 radical (unpaired) electrons. The molecule has 32 heavy (non-hydrogen) atoms. The van der Waals surface area contributed by atoms with Gasteiger partial charge in [0.15, 0.2) is 0 Å². The highest BCUT2D eigenvalue weighted by atomic mass is 32.2. The standard InChI is InChI=1S/C26H29FN2O2S/c1-14-19(12-21(30)31)22(17-5-7-26(8-6-17)9-10-26)15(2)23-24-20(11-18(27)13-28-24)16(3)29(32-4)25(14)23/h5,11,13,16H,6-10,12H2,1-4H3,(H,30,31)/t16-/m0/s1. The van der Waals surface area contributed by atoms with Crippen LogP contribution < -0.4 is 4.31 Å². The number of carbonyl (C=O) groups is 1.